The first-order valence-corrected chi connectivity index (χ1v) is 5.98. The Bertz CT molecular complexity index is 284. The van der Waals surface area contributed by atoms with Crippen LogP contribution in [-0.4, -0.2) is 50.0 Å². The number of hydrogen-bond acceptors (Lipinski definition) is 3. The monoisotopic (exact) mass is 268 g/mol. The standard InChI is InChI=1S/C11H19F3N2O2/c1-3-8-4-9(15-7-11(12,13)14)6-16(5-8)10(17)18-2/h8-9,15H,3-7H2,1-2H3. The van der Waals surface area contributed by atoms with Gasteiger partial charge in [0.25, 0.3) is 0 Å². The fourth-order valence-electron chi connectivity index (χ4n) is 2.19. The molecule has 0 spiro atoms. The molecule has 18 heavy (non-hydrogen) atoms. The molecule has 4 nitrogen and oxygen atoms in total. The number of halogens is 3. The second-order valence-electron chi connectivity index (χ2n) is 4.58. The van der Waals surface area contributed by atoms with E-state index >= 15 is 0 Å². The summed E-state index contributed by atoms with van der Waals surface area (Å²) >= 11 is 0. The Morgan fingerprint density at radius 1 is 1.44 bits per heavy atom. The van der Waals surface area contributed by atoms with Crippen molar-refractivity contribution in [3.8, 4) is 0 Å². The van der Waals surface area contributed by atoms with E-state index in [0.717, 1.165) is 6.42 Å². The lowest BCUT2D eigenvalue weighted by molar-refractivity contribution is -0.127. The summed E-state index contributed by atoms with van der Waals surface area (Å²) in [5.74, 6) is 0.212. The highest BCUT2D eigenvalue weighted by molar-refractivity contribution is 5.67. The lowest BCUT2D eigenvalue weighted by Gasteiger charge is -2.37. The van der Waals surface area contributed by atoms with Gasteiger partial charge in [0.2, 0.25) is 0 Å². The SMILES string of the molecule is CCC1CC(NCC(F)(F)F)CN(C(=O)OC)C1. The van der Waals surface area contributed by atoms with Crippen LogP contribution in [0.4, 0.5) is 18.0 Å². The fraction of sp³-hybridized carbons (Fsp3) is 0.909. The van der Waals surface area contributed by atoms with Crippen molar-refractivity contribution in [2.75, 3.05) is 26.7 Å². The maximum absolute atomic E-state index is 12.1. The molecule has 1 N–H and O–H groups in total. The second kappa shape index (κ2) is 6.26. The van der Waals surface area contributed by atoms with Crippen LogP contribution in [0.1, 0.15) is 19.8 Å². The zero-order chi connectivity index (χ0) is 13.8. The number of carbonyl (C=O) groups is 1. The van der Waals surface area contributed by atoms with Crippen molar-refractivity contribution in [3.63, 3.8) is 0 Å². The molecule has 2 atom stereocenters. The predicted molar refractivity (Wildman–Crippen MR) is 60.2 cm³/mol. The molecule has 1 amide bonds. The number of hydrogen-bond donors (Lipinski definition) is 1. The average molecular weight is 268 g/mol. The third-order valence-electron chi connectivity index (χ3n) is 3.14. The summed E-state index contributed by atoms with van der Waals surface area (Å²) in [5, 5.41) is 2.46. The summed E-state index contributed by atoms with van der Waals surface area (Å²) in [7, 11) is 1.27. The van der Waals surface area contributed by atoms with Gasteiger partial charge < -0.3 is 15.0 Å². The molecule has 0 radical (unpaired) electrons. The topological polar surface area (TPSA) is 41.6 Å². The number of ether oxygens (including phenoxy) is 1. The van der Waals surface area contributed by atoms with E-state index in [4.69, 9.17) is 0 Å². The Morgan fingerprint density at radius 3 is 2.61 bits per heavy atom. The molecule has 1 saturated heterocycles. The van der Waals surface area contributed by atoms with E-state index in [9.17, 15) is 18.0 Å². The van der Waals surface area contributed by atoms with Gasteiger partial charge in [-0.2, -0.15) is 13.2 Å². The summed E-state index contributed by atoms with van der Waals surface area (Å²) in [6.07, 6.45) is -3.22. The van der Waals surface area contributed by atoms with Gasteiger partial charge in [-0.3, -0.25) is 0 Å². The molecule has 1 aliphatic heterocycles. The molecule has 0 saturated carbocycles. The van der Waals surface area contributed by atoms with E-state index < -0.39 is 18.8 Å². The van der Waals surface area contributed by atoms with Gasteiger partial charge >= 0.3 is 12.3 Å². The fourth-order valence-corrected chi connectivity index (χ4v) is 2.19. The number of rotatable bonds is 3. The molecule has 0 aromatic carbocycles. The number of amides is 1. The summed E-state index contributed by atoms with van der Waals surface area (Å²) in [5.41, 5.74) is 0. The predicted octanol–water partition coefficient (Wildman–Crippen LogP) is 2.01. The quantitative estimate of drug-likeness (QED) is 0.851. The largest absolute Gasteiger partial charge is 0.453 e. The highest BCUT2D eigenvalue weighted by Crippen LogP contribution is 2.21. The van der Waals surface area contributed by atoms with E-state index in [1.807, 2.05) is 6.92 Å². The number of methoxy groups -OCH3 is 1. The normalized spacial score (nSPS) is 25.1. The maximum atomic E-state index is 12.1. The van der Waals surface area contributed by atoms with Crippen molar-refractivity contribution < 1.29 is 22.7 Å². The third kappa shape index (κ3) is 4.72. The summed E-state index contributed by atoms with van der Waals surface area (Å²) < 4.78 is 41.0. The first kappa shape index (κ1) is 15.1. The minimum Gasteiger partial charge on any atom is -0.453 e. The second-order valence-corrected chi connectivity index (χ2v) is 4.58. The Kier molecular flexibility index (Phi) is 5.25. The Balaban J connectivity index is 2.54. The molecule has 1 fully saturated rings. The number of alkyl halides is 3. The van der Waals surface area contributed by atoms with E-state index in [2.05, 4.69) is 10.1 Å². The summed E-state index contributed by atoms with van der Waals surface area (Å²) in [6.45, 7) is 1.75. The lowest BCUT2D eigenvalue weighted by Crippen LogP contribution is -2.52. The van der Waals surface area contributed by atoms with Gasteiger partial charge in [-0.1, -0.05) is 13.3 Å². The average Bonchev–Trinajstić information content (AvgIpc) is 2.34. The molecule has 7 heteroatoms. The number of nitrogens with zero attached hydrogens (tertiary/aromatic N) is 1. The van der Waals surface area contributed by atoms with Crippen LogP contribution in [0, 0.1) is 5.92 Å². The van der Waals surface area contributed by atoms with E-state index in [0.29, 0.717) is 13.0 Å². The van der Waals surface area contributed by atoms with Gasteiger partial charge in [-0.25, -0.2) is 4.79 Å². The minimum atomic E-state index is -4.23. The van der Waals surface area contributed by atoms with Crippen molar-refractivity contribution in [1.82, 2.24) is 10.2 Å². The molecule has 1 heterocycles. The molecule has 0 aliphatic carbocycles. The molecular formula is C11H19F3N2O2. The highest BCUT2D eigenvalue weighted by atomic mass is 19.4. The van der Waals surface area contributed by atoms with Crippen LogP contribution in [0.15, 0.2) is 0 Å². The van der Waals surface area contributed by atoms with Gasteiger partial charge in [-0.15, -0.1) is 0 Å². The van der Waals surface area contributed by atoms with E-state index in [1.54, 1.807) is 0 Å². The van der Waals surface area contributed by atoms with Crippen molar-refractivity contribution in [3.05, 3.63) is 0 Å². The zero-order valence-corrected chi connectivity index (χ0v) is 10.6. The van der Waals surface area contributed by atoms with Crippen LogP contribution in [0.3, 0.4) is 0 Å². The summed E-state index contributed by atoms with van der Waals surface area (Å²) in [6, 6.07) is -0.329. The van der Waals surface area contributed by atoms with Crippen LogP contribution >= 0.6 is 0 Å². The summed E-state index contributed by atoms with van der Waals surface area (Å²) in [4.78, 5) is 12.9. The third-order valence-corrected chi connectivity index (χ3v) is 3.14. The molecule has 106 valence electrons. The number of piperidine rings is 1. The zero-order valence-electron chi connectivity index (χ0n) is 10.6. The van der Waals surface area contributed by atoms with Crippen molar-refractivity contribution in [2.45, 2.75) is 32.0 Å². The van der Waals surface area contributed by atoms with Gasteiger partial charge in [0.1, 0.15) is 0 Å². The number of likely N-dealkylation sites (tertiary alicyclic amines) is 1. The molecule has 1 aliphatic rings. The van der Waals surface area contributed by atoms with Crippen LogP contribution in [0.2, 0.25) is 0 Å². The lowest BCUT2D eigenvalue weighted by atomic mass is 9.92. The van der Waals surface area contributed by atoms with E-state index in [-0.39, 0.29) is 18.5 Å². The van der Waals surface area contributed by atoms with Gasteiger partial charge in [0, 0.05) is 19.1 Å². The Labute approximate surface area is 104 Å². The van der Waals surface area contributed by atoms with Crippen molar-refractivity contribution in [2.24, 2.45) is 5.92 Å². The molecule has 0 aromatic heterocycles. The first-order valence-electron chi connectivity index (χ1n) is 5.98. The molecule has 2 unspecified atom stereocenters. The Morgan fingerprint density at radius 2 is 2.11 bits per heavy atom. The van der Waals surface area contributed by atoms with Crippen LogP contribution in [0.5, 0.6) is 0 Å². The molecule has 0 aromatic rings. The smallest absolute Gasteiger partial charge is 0.409 e. The van der Waals surface area contributed by atoms with Crippen molar-refractivity contribution >= 4 is 6.09 Å². The molecule has 0 bridgehead atoms. The number of nitrogens with one attached hydrogen (secondary N) is 1. The van der Waals surface area contributed by atoms with E-state index in [1.165, 1.54) is 12.0 Å². The van der Waals surface area contributed by atoms with Gasteiger partial charge in [0.15, 0.2) is 0 Å². The van der Waals surface area contributed by atoms with Crippen LogP contribution in [0.25, 0.3) is 0 Å². The first-order chi connectivity index (χ1) is 8.35. The van der Waals surface area contributed by atoms with Gasteiger partial charge in [0.05, 0.1) is 13.7 Å². The molecule has 1 rings (SSSR count). The minimum absolute atomic E-state index is 0.212. The molecular weight excluding hydrogens is 249 g/mol. The highest BCUT2D eigenvalue weighted by Gasteiger charge is 2.33. The number of carbonyl (C=O) groups excluding carboxylic acids is 1. The van der Waals surface area contributed by atoms with Crippen LogP contribution < -0.4 is 5.32 Å². The van der Waals surface area contributed by atoms with Crippen LogP contribution in [-0.2, 0) is 4.74 Å². The van der Waals surface area contributed by atoms with Crippen molar-refractivity contribution in [1.29, 1.82) is 0 Å². The maximum Gasteiger partial charge on any atom is 0.409 e. The Hall–Kier alpha value is -0.980. The van der Waals surface area contributed by atoms with Gasteiger partial charge in [-0.05, 0) is 12.3 Å².